The minimum absolute atomic E-state index is 0.140. The third-order valence-corrected chi connectivity index (χ3v) is 4.03. The molecule has 2 N–H and O–H groups in total. The Bertz CT molecular complexity index is 284. The van der Waals surface area contributed by atoms with Crippen molar-refractivity contribution < 1.29 is 14.7 Å². The lowest BCUT2D eigenvalue weighted by molar-refractivity contribution is -0.146. The summed E-state index contributed by atoms with van der Waals surface area (Å²) in [7, 11) is 0. The third kappa shape index (κ3) is 3.72. The van der Waals surface area contributed by atoms with Gasteiger partial charge in [-0.25, -0.2) is 0 Å². The van der Waals surface area contributed by atoms with Gasteiger partial charge in [0.05, 0.1) is 5.92 Å². The average molecular weight is 241 g/mol. The van der Waals surface area contributed by atoms with E-state index in [0.717, 1.165) is 0 Å². The summed E-state index contributed by atoms with van der Waals surface area (Å²) >= 11 is 0. The summed E-state index contributed by atoms with van der Waals surface area (Å²) in [6.45, 7) is 5.27. The molecule has 0 saturated heterocycles. The third-order valence-electron chi connectivity index (χ3n) is 4.03. The largest absolute Gasteiger partial charge is 0.481 e. The van der Waals surface area contributed by atoms with Crippen molar-refractivity contribution in [1.82, 2.24) is 5.32 Å². The van der Waals surface area contributed by atoms with Gasteiger partial charge in [0.15, 0.2) is 0 Å². The summed E-state index contributed by atoms with van der Waals surface area (Å²) in [4.78, 5) is 22.7. The molecule has 0 aliphatic heterocycles. The first-order valence-electron chi connectivity index (χ1n) is 6.46. The Morgan fingerprint density at radius 1 is 1.12 bits per heavy atom. The van der Waals surface area contributed by atoms with E-state index in [1.165, 1.54) is 25.7 Å². The molecule has 0 aromatic carbocycles. The van der Waals surface area contributed by atoms with Gasteiger partial charge in [-0.05, 0) is 25.7 Å². The second-order valence-electron chi connectivity index (χ2n) is 5.26. The topological polar surface area (TPSA) is 66.4 Å². The molecule has 0 heterocycles. The minimum atomic E-state index is -0.916. The van der Waals surface area contributed by atoms with Crippen LogP contribution in [0.3, 0.4) is 0 Å². The molecule has 1 rings (SSSR count). The fourth-order valence-corrected chi connectivity index (χ4v) is 2.37. The van der Waals surface area contributed by atoms with E-state index in [1.807, 2.05) is 6.92 Å². The molecule has 1 fully saturated rings. The smallest absolute Gasteiger partial charge is 0.307 e. The first kappa shape index (κ1) is 14.0. The summed E-state index contributed by atoms with van der Waals surface area (Å²) in [6.07, 6.45) is 4.83. The van der Waals surface area contributed by atoms with E-state index in [1.54, 1.807) is 13.8 Å². The quantitative estimate of drug-likeness (QED) is 0.774. The monoisotopic (exact) mass is 241 g/mol. The molecule has 0 bridgehead atoms. The minimum Gasteiger partial charge on any atom is -0.481 e. The zero-order valence-corrected chi connectivity index (χ0v) is 10.9. The number of carboxylic acids is 1. The highest BCUT2D eigenvalue weighted by molar-refractivity contribution is 5.84. The average Bonchev–Trinajstić information content (AvgIpc) is 2.80. The van der Waals surface area contributed by atoms with E-state index in [4.69, 9.17) is 5.11 Å². The predicted molar refractivity (Wildman–Crippen MR) is 65.5 cm³/mol. The Hall–Kier alpha value is -1.06. The van der Waals surface area contributed by atoms with E-state index in [9.17, 15) is 9.59 Å². The van der Waals surface area contributed by atoms with Crippen LogP contribution in [-0.4, -0.2) is 23.0 Å². The number of amides is 1. The van der Waals surface area contributed by atoms with Crippen LogP contribution < -0.4 is 5.32 Å². The number of hydrogen-bond donors (Lipinski definition) is 2. The summed E-state index contributed by atoms with van der Waals surface area (Å²) in [6, 6.07) is 0.161. The van der Waals surface area contributed by atoms with Crippen LogP contribution in [0.5, 0.6) is 0 Å². The molecule has 0 spiro atoms. The fraction of sp³-hybridized carbons (Fsp3) is 0.846. The van der Waals surface area contributed by atoms with Crippen LogP contribution in [0.1, 0.15) is 46.5 Å². The van der Waals surface area contributed by atoms with Crippen LogP contribution in [0, 0.1) is 17.8 Å². The lowest BCUT2D eigenvalue weighted by Gasteiger charge is -2.23. The summed E-state index contributed by atoms with van der Waals surface area (Å²) in [5, 5.41) is 11.8. The van der Waals surface area contributed by atoms with Gasteiger partial charge in [0, 0.05) is 12.0 Å². The Morgan fingerprint density at radius 2 is 1.65 bits per heavy atom. The Labute approximate surface area is 103 Å². The molecule has 1 aliphatic rings. The number of carboxylic acid groups (broad SMARTS) is 1. The highest BCUT2D eigenvalue weighted by Gasteiger charge is 2.29. The zero-order valence-electron chi connectivity index (χ0n) is 10.9. The highest BCUT2D eigenvalue weighted by Crippen LogP contribution is 2.27. The number of carbonyl (C=O) groups is 2. The Morgan fingerprint density at radius 3 is 2.12 bits per heavy atom. The molecule has 1 aliphatic carbocycles. The maximum absolute atomic E-state index is 11.9. The van der Waals surface area contributed by atoms with Crippen molar-refractivity contribution in [3.63, 3.8) is 0 Å². The van der Waals surface area contributed by atoms with Crippen molar-refractivity contribution in [2.24, 2.45) is 17.8 Å². The van der Waals surface area contributed by atoms with Crippen molar-refractivity contribution >= 4 is 11.9 Å². The second kappa shape index (κ2) is 6.03. The van der Waals surface area contributed by atoms with Gasteiger partial charge in [0.25, 0.3) is 0 Å². The van der Waals surface area contributed by atoms with Crippen molar-refractivity contribution in [2.45, 2.75) is 52.5 Å². The summed E-state index contributed by atoms with van der Waals surface area (Å²) < 4.78 is 0. The maximum Gasteiger partial charge on any atom is 0.307 e. The van der Waals surface area contributed by atoms with Crippen LogP contribution in [0.2, 0.25) is 0 Å². The van der Waals surface area contributed by atoms with Gasteiger partial charge >= 0.3 is 5.97 Å². The normalized spacial score (nSPS) is 21.8. The molecule has 0 aromatic rings. The fourth-order valence-electron chi connectivity index (χ4n) is 2.37. The highest BCUT2D eigenvalue weighted by atomic mass is 16.4. The van der Waals surface area contributed by atoms with Crippen LogP contribution in [-0.2, 0) is 9.59 Å². The van der Waals surface area contributed by atoms with Gasteiger partial charge in [-0.2, -0.15) is 0 Å². The van der Waals surface area contributed by atoms with Crippen molar-refractivity contribution in [3.05, 3.63) is 0 Å². The molecule has 2 unspecified atom stereocenters. The van der Waals surface area contributed by atoms with Gasteiger partial charge in [-0.3, -0.25) is 9.59 Å². The number of rotatable bonds is 5. The molecule has 4 heteroatoms. The molecule has 3 atom stereocenters. The predicted octanol–water partition coefficient (Wildman–Crippen LogP) is 2.04. The molecular formula is C13H23NO3. The molecule has 0 radical (unpaired) electrons. The van der Waals surface area contributed by atoms with E-state index < -0.39 is 17.8 Å². The van der Waals surface area contributed by atoms with Gasteiger partial charge in [0.1, 0.15) is 0 Å². The maximum atomic E-state index is 11.9. The van der Waals surface area contributed by atoms with Crippen LogP contribution in [0.25, 0.3) is 0 Å². The number of nitrogens with one attached hydrogen (secondary N) is 1. The summed E-state index contributed by atoms with van der Waals surface area (Å²) in [5.74, 6) is -1.60. The number of hydrogen-bond acceptors (Lipinski definition) is 2. The van der Waals surface area contributed by atoms with E-state index in [-0.39, 0.29) is 11.9 Å². The van der Waals surface area contributed by atoms with Gasteiger partial charge in [-0.15, -0.1) is 0 Å². The van der Waals surface area contributed by atoms with Crippen LogP contribution >= 0.6 is 0 Å². The molecule has 17 heavy (non-hydrogen) atoms. The van der Waals surface area contributed by atoms with E-state index in [2.05, 4.69) is 5.32 Å². The first-order chi connectivity index (χ1) is 7.93. The van der Waals surface area contributed by atoms with Crippen LogP contribution in [0.15, 0.2) is 0 Å². The Balaban J connectivity index is 2.44. The van der Waals surface area contributed by atoms with Crippen molar-refractivity contribution in [2.75, 3.05) is 0 Å². The first-order valence-corrected chi connectivity index (χ1v) is 6.46. The second-order valence-corrected chi connectivity index (χ2v) is 5.26. The molecular weight excluding hydrogens is 218 g/mol. The van der Waals surface area contributed by atoms with E-state index >= 15 is 0 Å². The van der Waals surface area contributed by atoms with Crippen LogP contribution in [0.4, 0.5) is 0 Å². The van der Waals surface area contributed by atoms with Gasteiger partial charge in [0.2, 0.25) is 5.91 Å². The lowest BCUT2D eigenvalue weighted by atomic mass is 9.93. The number of aliphatic carboxylic acids is 1. The van der Waals surface area contributed by atoms with Crippen molar-refractivity contribution in [1.29, 1.82) is 0 Å². The SMILES string of the molecule is CC(C(=O)O)C(C)C(=O)N[C@@H](C)C1CCCC1. The molecule has 4 nitrogen and oxygen atoms in total. The zero-order chi connectivity index (χ0) is 13.0. The molecule has 1 saturated carbocycles. The summed E-state index contributed by atoms with van der Waals surface area (Å²) in [5.41, 5.74) is 0. The molecule has 1 amide bonds. The standard InChI is InChI=1S/C13H23NO3/c1-8(9(2)13(16)17)12(15)14-10(3)11-6-4-5-7-11/h8-11H,4-7H2,1-3H3,(H,14,15)(H,16,17)/t8?,9?,10-/m0/s1. The Kier molecular flexibility index (Phi) is 4.97. The van der Waals surface area contributed by atoms with Gasteiger partial charge < -0.3 is 10.4 Å². The van der Waals surface area contributed by atoms with Gasteiger partial charge in [-0.1, -0.05) is 26.7 Å². The van der Waals surface area contributed by atoms with Crippen molar-refractivity contribution in [3.8, 4) is 0 Å². The van der Waals surface area contributed by atoms with E-state index in [0.29, 0.717) is 5.92 Å². The molecule has 0 aromatic heterocycles. The molecule has 98 valence electrons. The lowest BCUT2D eigenvalue weighted by Crippen LogP contribution is -2.42. The number of carbonyl (C=O) groups excluding carboxylic acids is 1.